The number of aromatic nitrogens is 2. The monoisotopic (exact) mass is 451 g/mol. The van der Waals surface area contributed by atoms with Crippen molar-refractivity contribution >= 4 is 16.9 Å². The molecule has 1 aliphatic rings. The molecule has 1 atom stereocenters. The number of rotatable bonds is 9. The van der Waals surface area contributed by atoms with Gasteiger partial charge in [0.05, 0.1) is 43.4 Å². The summed E-state index contributed by atoms with van der Waals surface area (Å²) < 4.78 is 21.8. The third-order valence-corrected chi connectivity index (χ3v) is 6.01. The minimum atomic E-state index is -0.386. The van der Waals surface area contributed by atoms with Crippen LogP contribution in [0.4, 0.5) is 0 Å². The Morgan fingerprint density at radius 1 is 1.36 bits per heavy atom. The number of carbonyl (C=O) groups is 1. The maximum Gasteiger partial charge on any atom is 0.308 e. The first-order chi connectivity index (χ1) is 16.0. The van der Waals surface area contributed by atoms with Crippen LogP contribution in [0.1, 0.15) is 65.3 Å². The Labute approximate surface area is 192 Å². The van der Waals surface area contributed by atoms with Gasteiger partial charge in [-0.1, -0.05) is 5.16 Å². The summed E-state index contributed by atoms with van der Waals surface area (Å²) in [4.78, 5) is 15.5. The lowest BCUT2D eigenvalue weighted by molar-refractivity contribution is -0.146. The lowest BCUT2D eigenvalue weighted by Gasteiger charge is -2.22. The number of aromatic amines is 1. The highest BCUT2D eigenvalue weighted by Crippen LogP contribution is 2.38. The van der Waals surface area contributed by atoms with Crippen LogP contribution in [0.3, 0.4) is 0 Å². The molecule has 1 aromatic carbocycles. The Balaban J connectivity index is 1.51. The molecule has 8 nitrogen and oxygen atoms in total. The fourth-order valence-corrected chi connectivity index (χ4v) is 4.48. The zero-order valence-electron chi connectivity index (χ0n) is 19.3. The molecule has 2 aromatic heterocycles. The molecule has 0 radical (unpaired) electrons. The summed E-state index contributed by atoms with van der Waals surface area (Å²) in [6, 6.07) is 6.23. The molecule has 8 heteroatoms. The van der Waals surface area contributed by atoms with E-state index in [2.05, 4.69) is 23.1 Å². The first-order valence-electron chi connectivity index (χ1n) is 11.4. The maximum atomic E-state index is 12.1. The minimum absolute atomic E-state index is 0.157. The Morgan fingerprint density at radius 3 is 2.94 bits per heavy atom. The first-order valence-corrected chi connectivity index (χ1v) is 11.4. The molecular formula is C25H29N3O5. The van der Waals surface area contributed by atoms with E-state index < -0.39 is 0 Å². The van der Waals surface area contributed by atoms with Crippen LogP contribution in [0.15, 0.2) is 16.7 Å². The van der Waals surface area contributed by atoms with E-state index in [1.807, 2.05) is 19.1 Å². The molecule has 0 saturated carbocycles. The van der Waals surface area contributed by atoms with Gasteiger partial charge in [0.25, 0.3) is 0 Å². The zero-order valence-corrected chi connectivity index (χ0v) is 19.3. The summed E-state index contributed by atoms with van der Waals surface area (Å²) in [5.41, 5.74) is 6.57. The highest BCUT2D eigenvalue weighted by molar-refractivity contribution is 5.93. The second kappa shape index (κ2) is 10.2. The minimum Gasteiger partial charge on any atom is -0.466 e. The quantitative estimate of drug-likeness (QED) is 0.380. The van der Waals surface area contributed by atoms with Crippen LogP contribution in [0.25, 0.3) is 10.9 Å². The van der Waals surface area contributed by atoms with E-state index in [9.17, 15) is 10.1 Å². The Morgan fingerprint density at radius 2 is 2.21 bits per heavy atom. The number of aryl methyl sites for hydroxylation is 3. The molecule has 0 aliphatic carbocycles. The van der Waals surface area contributed by atoms with Gasteiger partial charge in [-0.05, 0) is 62.8 Å². The van der Waals surface area contributed by atoms with E-state index in [0.29, 0.717) is 38.4 Å². The van der Waals surface area contributed by atoms with E-state index in [1.54, 1.807) is 6.92 Å². The molecule has 1 N–H and O–H groups in total. The number of ether oxygens (including phenoxy) is 3. The number of fused-ring (bicyclic) bond motifs is 3. The third kappa shape index (κ3) is 4.95. The van der Waals surface area contributed by atoms with E-state index in [-0.39, 0.29) is 18.5 Å². The van der Waals surface area contributed by atoms with Crippen molar-refractivity contribution in [3.63, 3.8) is 0 Å². The van der Waals surface area contributed by atoms with Gasteiger partial charge >= 0.3 is 5.97 Å². The van der Waals surface area contributed by atoms with Crippen LogP contribution in [-0.4, -0.2) is 35.9 Å². The van der Waals surface area contributed by atoms with Gasteiger partial charge < -0.3 is 23.7 Å². The molecule has 0 unspecified atom stereocenters. The van der Waals surface area contributed by atoms with Crippen molar-refractivity contribution in [2.45, 2.75) is 59.2 Å². The van der Waals surface area contributed by atoms with E-state index in [4.69, 9.17) is 18.7 Å². The Hall–Kier alpha value is -3.15. The highest BCUT2D eigenvalue weighted by atomic mass is 16.5. The molecule has 0 saturated heterocycles. The summed E-state index contributed by atoms with van der Waals surface area (Å²) in [5, 5.41) is 14.8. The van der Waals surface area contributed by atoms with Gasteiger partial charge in [0, 0.05) is 23.8 Å². The molecule has 0 fully saturated rings. The van der Waals surface area contributed by atoms with Gasteiger partial charge in [0.2, 0.25) is 0 Å². The van der Waals surface area contributed by atoms with Crippen molar-refractivity contribution in [1.29, 1.82) is 5.26 Å². The SMILES string of the molecule is CCOC(=O)C[C@H]1OCCc2c1[nH]c1c(C)c(CCCOCc3cc(C)on3)cc(C#N)c21. The average Bonchev–Trinajstić information content (AvgIpc) is 3.40. The van der Waals surface area contributed by atoms with E-state index >= 15 is 0 Å². The lowest BCUT2D eigenvalue weighted by atomic mass is 9.93. The second-order valence-electron chi connectivity index (χ2n) is 8.29. The number of H-pyrrole nitrogens is 1. The van der Waals surface area contributed by atoms with E-state index in [0.717, 1.165) is 57.6 Å². The van der Waals surface area contributed by atoms with Crippen LogP contribution >= 0.6 is 0 Å². The first kappa shape index (κ1) is 23.0. The van der Waals surface area contributed by atoms with Crippen LogP contribution in [0.5, 0.6) is 0 Å². The fourth-order valence-electron chi connectivity index (χ4n) is 4.48. The Kier molecular flexibility index (Phi) is 7.11. The number of nitriles is 1. The van der Waals surface area contributed by atoms with Gasteiger partial charge in [-0.25, -0.2) is 0 Å². The fraction of sp³-hybridized carbons (Fsp3) is 0.480. The number of benzene rings is 1. The molecular weight excluding hydrogens is 422 g/mol. The van der Waals surface area contributed by atoms with Crippen LogP contribution in [0, 0.1) is 25.2 Å². The summed E-state index contributed by atoms with van der Waals surface area (Å²) in [6.07, 6.45) is 2.09. The number of nitrogens with zero attached hydrogens (tertiary/aromatic N) is 2. The van der Waals surface area contributed by atoms with Crippen LogP contribution in [0.2, 0.25) is 0 Å². The number of carbonyl (C=O) groups excluding carboxylic acids is 1. The summed E-state index contributed by atoms with van der Waals surface area (Å²) in [6.45, 7) is 7.57. The topological polar surface area (TPSA) is 110 Å². The van der Waals surface area contributed by atoms with Crippen molar-refractivity contribution in [2.75, 3.05) is 19.8 Å². The summed E-state index contributed by atoms with van der Waals surface area (Å²) >= 11 is 0. The third-order valence-electron chi connectivity index (χ3n) is 6.01. The standard InChI is InChI=1S/C25H29N3O5/c1-4-31-22(29)12-21-25-20(7-9-32-21)23-18(13-26)11-17(16(3)24(23)27-25)6-5-8-30-14-19-10-15(2)33-28-19/h10-11,21,27H,4-9,12,14H2,1-3H3/t21-/m1/s1. The van der Waals surface area contributed by atoms with Gasteiger partial charge in [-0.3, -0.25) is 4.79 Å². The van der Waals surface area contributed by atoms with Gasteiger partial charge in [0.15, 0.2) is 0 Å². The molecule has 33 heavy (non-hydrogen) atoms. The van der Waals surface area contributed by atoms with Gasteiger partial charge in [-0.15, -0.1) is 0 Å². The maximum absolute atomic E-state index is 12.1. The highest BCUT2D eigenvalue weighted by Gasteiger charge is 2.29. The second-order valence-corrected chi connectivity index (χ2v) is 8.29. The summed E-state index contributed by atoms with van der Waals surface area (Å²) in [7, 11) is 0. The molecule has 0 amide bonds. The van der Waals surface area contributed by atoms with Crippen molar-refractivity contribution in [3.05, 3.63) is 51.5 Å². The van der Waals surface area contributed by atoms with Crippen LogP contribution in [-0.2, 0) is 38.5 Å². The molecule has 0 spiro atoms. The van der Waals surface area contributed by atoms with Crippen molar-refractivity contribution < 1.29 is 23.5 Å². The smallest absolute Gasteiger partial charge is 0.308 e. The van der Waals surface area contributed by atoms with Gasteiger partial charge in [0.1, 0.15) is 17.6 Å². The normalized spacial score (nSPS) is 15.4. The molecule has 174 valence electrons. The molecule has 4 rings (SSSR count). The Bertz CT molecular complexity index is 1190. The number of esters is 1. The van der Waals surface area contributed by atoms with Crippen molar-refractivity contribution in [1.82, 2.24) is 10.1 Å². The summed E-state index contributed by atoms with van der Waals surface area (Å²) in [5.74, 6) is 0.484. The van der Waals surface area contributed by atoms with Gasteiger partial charge in [-0.2, -0.15) is 5.26 Å². The van der Waals surface area contributed by atoms with Crippen molar-refractivity contribution in [3.8, 4) is 6.07 Å². The number of hydrogen-bond acceptors (Lipinski definition) is 7. The predicted octanol–water partition coefficient (Wildman–Crippen LogP) is 4.36. The lowest BCUT2D eigenvalue weighted by Crippen LogP contribution is -2.20. The van der Waals surface area contributed by atoms with E-state index in [1.165, 1.54) is 0 Å². The average molecular weight is 452 g/mol. The van der Waals surface area contributed by atoms with Crippen molar-refractivity contribution in [2.24, 2.45) is 0 Å². The number of nitrogens with one attached hydrogen (secondary N) is 1. The molecule has 0 bridgehead atoms. The predicted molar refractivity (Wildman–Crippen MR) is 121 cm³/mol. The molecule has 3 aromatic rings. The van der Waals surface area contributed by atoms with Crippen LogP contribution < -0.4 is 0 Å². The zero-order chi connectivity index (χ0) is 23.4. The molecule has 3 heterocycles. The number of hydrogen-bond donors (Lipinski definition) is 1. The molecule has 1 aliphatic heterocycles. The largest absolute Gasteiger partial charge is 0.466 e.